The first kappa shape index (κ1) is 22.2. The van der Waals surface area contributed by atoms with Crippen LogP contribution in [0.15, 0.2) is 29.3 Å². The molecule has 0 spiro atoms. The number of carbonyl (C=O) groups is 1. The topological polar surface area (TPSA) is 87.6 Å². The summed E-state index contributed by atoms with van der Waals surface area (Å²) in [7, 11) is 0. The van der Waals surface area contributed by atoms with E-state index in [4.69, 9.17) is 4.74 Å². The summed E-state index contributed by atoms with van der Waals surface area (Å²) in [5, 5.41) is 10.7. The van der Waals surface area contributed by atoms with E-state index < -0.39 is 0 Å². The standard InChI is InChI=1S/C22H31N5O2S/c1-4-23-22(24-11-10-20-26-15(2)16(3)30-20)25-14-17-7-5-8-18(13-17)27-21(28)19-9-6-12-29-19/h5,7-8,13,19H,4,6,9-12,14H2,1-3H3,(H,27,28)(H2,23,24,25). The number of thiazole rings is 1. The molecule has 1 fully saturated rings. The summed E-state index contributed by atoms with van der Waals surface area (Å²) in [4.78, 5) is 22.8. The van der Waals surface area contributed by atoms with Crippen LogP contribution in [0, 0.1) is 13.8 Å². The third-order valence-electron chi connectivity index (χ3n) is 4.88. The Morgan fingerprint density at radius 2 is 2.20 bits per heavy atom. The lowest BCUT2D eigenvalue weighted by molar-refractivity contribution is -0.124. The zero-order valence-corrected chi connectivity index (χ0v) is 18.8. The predicted octanol–water partition coefficient (Wildman–Crippen LogP) is 3.18. The third kappa shape index (κ3) is 6.53. The van der Waals surface area contributed by atoms with Gasteiger partial charge in [0, 0.05) is 36.7 Å². The minimum absolute atomic E-state index is 0.0733. The lowest BCUT2D eigenvalue weighted by Crippen LogP contribution is -2.38. The molecule has 1 aliphatic rings. The average Bonchev–Trinajstić information content (AvgIpc) is 3.37. The molecule has 0 aliphatic carbocycles. The fourth-order valence-corrected chi connectivity index (χ4v) is 4.13. The summed E-state index contributed by atoms with van der Waals surface area (Å²) in [5.74, 6) is 0.701. The van der Waals surface area contributed by atoms with Crippen LogP contribution in [0.2, 0.25) is 0 Å². The third-order valence-corrected chi connectivity index (χ3v) is 6.02. The SMILES string of the molecule is CCNC(=NCc1cccc(NC(=O)C2CCCO2)c1)NCCc1nc(C)c(C)s1. The number of ether oxygens (including phenoxy) is 1. The summed E-state index contributed by atoms with van der Waals surface area (Å²) in [6, 6.07) is 7.79. The molecule has 8 heteroatoms. The van der Waals surface area contributed by atoms with E-state index in [-0.39, 0.29) is 12.0 Å². The predicted molar refractivity (Wildman–Crippen MR) is 122 cm³/mol. The second-order valence-corrected chi connectivity index (χ2v) is 8.60. The number of carbonyl (C=O) groups excluding carboxylic acids is 1. The number of amides is 1. The van der Waals surface area contributed by atoms with Crippen molar-refractivity contribution in [3.8, 4) is 0 Å². The average molecular weight is 430 g/mol. The van der Waals surface area contributed by atoms with Crippen LogP contribution < -0.4 is 16.0 Å². The zero-order valence-electron chi connectivity index (χ0n) is 18.0. The van der Waals surface area contributed by atoms with Crippen molar-refractivity contribution < 1.29 is 9.53 Å². The smallest absolute Gasteiger partial charge is 0.253 e. The number of aromatic nitrogens is 1. The Hall–Kier alpha value is -2.45. The molecule has 0 radical (unpaired) electrons. The van der Waals surface area contributed by atoms with Crippen molar-refractivity contribution in [2.24, 2.45) is 4.99 Å². The van der Waals surface area contributed by atoms with Gasteiger partial charge in [0.05, 0.1) is 17.2 Å². The number of nitrogens with zero attached hydrogens (tertiary/aromatic N) is 2. The zero-order chi connectivity index (χ0) is 21.3. The summed E-state index contributed by atoms with van der Waals surface area (Å²) in [5.41, 5.74) is 2.92. The molecule has 1 aromatic heterocycles. The molecule has 1 atom stereocenters. The van der Waals surface area contributed by atoms with Gasteiger partial charge in [-0.05, 0) is 51.3 Å². The number of rotatable bonds is 8. The molecule has 0 saturated carbocycles. The van der Waals surface area contributed by atoms with Gasteiger partial charge in [-0.25, -0.2) is 9.98 Å². The van der Waals surface area contributed by atoms with Crippen LogP contribution in [-0.4, -0.2) is 42.7 Å². The van der Waals surface area contributed by atoms with Crippen LogP contribution >= 0.6 is 11.3 Å². The summed E-state index contributed by atoms with van der Waals surface area (Å²) in [6.45, 7) is 8.95. The Kier molecular flexibility index (Phi) is 8.21. The second-order valence-electron chi connectivity index (χ2n) is 7.31. The summed E-state index contributed by atoms with van der Waals surface area (Å²) < 4.78 is 5.45. The number of hydrogen-bond acceptors (Lipinski definition) is 5. The van der Waals surface area contributed by atoms with Crippen molar-refractivity contribution in [1.82, 2.24) is 15.6 Å². The van der Waals surface area contributed by atoms with Crippen molar-refractivity contribution in [3.63, 3.8) is 0 Å². The van der Waals surface area contributed by atoms with Crippen molar-refractivity contribution >= 4 is 28.9 Å². The first-order valence-electron chi connectivity index (χ1n) is 10.5. The Bertz CT molecular complexity index is 855. The van der Waals surface area contributed by atoms with E-state index in [1.807, 2.05) is 38.1 Å². The maximum atomic E-state index is 12.2. The van der Waals surface area contributed by atoms with Gasteiger partial charge < -0.3 is 20.7 Å². The Balaban J connectivity index is 1.53. The highest BCUT2D eigenvalue weighted by Crippen LogP contribution is 2.17. The molecule has 3 N–H and O–H groups in total. The number of benzene rings is 1. The van der Waals surface area contributed by atoms with Crippen molar-refractivity contribution in [2.45, 2.75) is 52.7 Å². The second kappa shape index (κ2) is 11.1. The first-order valence-corrected chi connectivity index (χ1v) is 11.3. The minimum atomic E-state index is -0.332. The van der Waals surface area contributed by atoms with Crippen LogP contribution in [0.1, 0.15) is 40.9 Å². The molecule has 1 amide bonds. The molecule has 1 aromatic carbocycles. The largest absolute Gasteiger partial charge is 0.368 e. The molecular weight excluding hydrogens is 398 g/mol. The van der Waals surface area contributed by atoms with Gasteiger partial charge in [0.2, 0.25) is 0 Å². The highest BCUT2D eigenvalue weighted by molar-refractivity contribution is 7.11. The quantitative estimate of drug-likeness (QED) is 0.443. The molecule has 7 nitrogen and oxygen atoms in total. The maximum absolute atomic E-state index is 12.2. The molecule has 2 heterocycles. The molecule has 2 aromatic rings. The van der Waals surface area contributed by atoms with E-state index in [0.717, 1.165) is 60.3 Å². The minimum Gasteiger partial charge on any atom is -0.368 e. The number of nitrogens with one attached hydrogen (secondary N) is 3. The first-order chi connectivity index (χ1) is 14.5. The van der Waals surface area contributed by atoms with Crippen molar-refractivity contribution in [3.05, 3.63) is 45.4 Å². The van der Waals surface area contributed by atoms with Gasteiger partial charge in [-0.3, -0.25) is 4.79 Å². The fourth-order valence-electron chi connectivity index (χ4n) is 3.20. The van der Waals surface area contributed by atoms with E-state index in [1.54, 1.807) is 11.3 Å². The summed E-state index contributed by atoms with van der Waals surface area (Å²) in [6.07, 6.45) is 2.26. The van der Waals surface area contributed by atoms with Gasteiger partial charge in [0.25, 0.3) is 5.91 Å². The number of hydrogen-bond donors (Lipinski definition) is 3. The molecular formula is C22H31N5O2S. The monoisotopic (exact) mass is 429 g/mol. The number of aryl methyl sites for hydroxylation is 2. The van der Waals surface area contributed by atoms with E-state index in [2.05, 4.69) is 32.9 Å². The highest BCUT2D eigenvalue weighted by Gasteiger charge is 2.23. The van der Waals surface area contributed by atoms with Crippen LogP contribution in [0.5, 0.6) is 0 Å². The van der Waals surface area contributed by atoms with Crippen molar-refractivity contribution in [1.29, 1.82) is 0 Å². The van der Waals surface area contributed by atoms with E-state index in [1.165, 1.54) is 4.88 Å². The molecule has 0 bridgehead atoms. The van der Waals surface area contributed by atoms with Crippen LogP contribution in [-0.2, 0) is 22.5 Å². The number of aliphatic imine (C=N–C) groups is 1. The van der Waals surface area contributed by atoms with E-state index in [0.29, 0.717) is 13.2 Å². The lowest BCUT2D eigenvalue weighted by atomic mass is 10.2. The van der Waals surface area contributed by atoms with Crippen molar-refractivity contribution in [2.75, 3.05) is 25.0 Å². The number of guanidine groups is 1. The molecule has 3 rings (SSSR count). The number of anilines is 1. The Labute approximate surface area is 182 Å². The van der Waals surface area contributed by atoms with Crippen LogP contribution in [0.25, 0.3) is 0 Å². The maximum Gasteiger partial charge on any atom is 0.253 e. The molecule has 1 aliphatic heterocycles. The Morgan fingerprint density at radius 3 is 2.90 bits per heavy atom. The van der Waals surface area contributed by atoms with Crippen LogP contribution in [0.3, 0.4) is 0 Å². The van der Waals surface area contributed by atoms with E-state index in [9.17, 15) is 4.79 Å². The van der Waals surface area contributed by atoms with Gasteiger partial charge in [-0.2, -0.15) is 0 Å². The fraction of sp³-hybridized carbons (Fsp3) is 0.500. The molecule has 1 saturated heterocycles. The Morgan fingerprint density at radius 1 is 1.33 bits per heavy atom. The molecule has 1 unspecified atom stereocenters. The van der Waals surface area contributed by atoms with Crippen LogP contribution in [0.4, 0.5) is 5.69 Å². The summed E-state index contributed by atoms with van der Waals surface area (Å²) >= 11 is 1.75. The highest BCUT2D eigenvalue weighted by atomic mass is 32.1. The molecule has 30 heavy (non-hydrogen) atoms. The normalized spacial score (nSPS) is 16.5. The van der Waals surface area contributed by atoms with Gasteiger partial charge in [-0.15, -0.1) is 11.3 Å². The van der Waals surface area contributed by atoms with Gasteiger partial charge in [0.1, 0.15) is 6.10 Å². The van der Waals surface area contributed by atoms with Gasteiger partial charge in [-0.1, -0.05) is 12.1 Å². The lowest BCUT2D eigenvalue weighted by Gasteiger charge is -2.12. The van der Waals surface area contributed by atoms with Gasteiger partial charge in [0.15, 0.2) is 5.96 Å². The molecule has 162 valence electrons. The van der Waals surface area contributed by atoms with Gasteiger partial charge >= 0.3 is 0 Å². The van der Waals surface area contributed by atoms with E-state index >= 15 is 0 Å².